The number of halogens is 1. The van der Waals surface area contributed by atoms with E-state index in [-0.39, 0.29) is 17.0 Å². The second kappa shape index (κ2) is 5.50. The number of aromatic carboxylic acids is 1. The van der Waals surface area contributed by atoms with E-state index in [2.05, 4.69) is 0 Å². The highest BCUT2D eigenvalue weighted by Crippen LogP contribution is 2.22. The molecule has 1 N–H and O–H groups in total. The molecule has 0 radical (unpaired) electrons. The van der Waals surface area contributed by atoms with E-state index in [1.165, 1.54) is 24.3 Å². The van der Waals surface area contributed by atoms with Crippen molar-refractivity contribution in [2.75, 3.05) is 0 Å². The van der Waals surface area contributed by atoms with Crippen molar-refractivity contribution >= 4 is 17.3 Å². The molecule has 0 saturated carbocycles. The maximum Gasteiger partial charge on any atom is 0.346 e. The molecule has 4 nitrogen and oxygen atoms in total. The van der Waals surface area contributed by atoms with Gasteiger partial charge in [-0.05, 0) is 17.7 Å². The number of carbonyl (C=O) groups is 1. The van der Waals surface area contributed by atoms with Crippen molar-refractivity contribution in [2.45, 2.75) is 6.61 Å². The van der Waals surface area contributed by atoms with Crippen molar-refractivity contribution in [3.8, 4) is 11.8 Å². The second-order valence-electron chi connectivity index (χ2n) is 3.67. The molecule has 2 rings (SSSR count). The minimum absolute atomic E-state index is 0.0438. The van der Waals surface area contributed by atoms with E-state index >= 15 is 0 Å². The van der Waals surface area contributed by atoms with Gasteiger partial charge in [-0.1, -0.05) is 6.07 Å². The van der Waals surface area contributed by atoms with Gasteiger partial charge in [0.05, 0.1) is 5.56 Å². The van der Waals surface area contributed by atoms with Crippen molar-refractivity contribution in [3.63, 3.8) is 0 Å². The Labute approximate surface area is 112 Å². The molecule has 1 aromatic heterocycles. The van der Waals surface area contributed by atoms with Gasteiger partial charge in [-0.3, -0.25) is 0 Å². The largest absolute Gasteiger partial charge is 0.488 e. The molecule has 0 amide bonds. The fourth-order valence-corrected chi connectivity index (χ4v) is 2.09. The van der Waals surface area contributed by atoms with Gasteiger partial charge in [0.1, 0.15) is 29.1 Å². The lowest BCUT2D eigenvalue weighted by Crippen LogP contribution is -1.96. The SMILES string of the molecule is N#Cc1cc(COc2csc(C(=O)O)c2)ccc1F. The first kappa shape index (κ1) is 13.1. The topological polar surface area (TPSA) is 70.3 Å². The molecular weight excluding hydrogens is 269 g/mol. The van der Waals surface area contributed by atoms with Crippen LogP contribution in [0.15, 0.2) is 29.6 Å². The minimum atomic E-state index is -1.01. The first-order valence-corrected chi connectivity index (χ1v) is 6.11. The molecular formula is C13H8FNO3S. The van der Waals surface area contributed by atoms with Gasteiger partial charge in [-0.2, -0.15) is 5.26 Å². The summed E-state index contributed by atoms with van der Waals surface area (Å²) in [5.41, 5.74) is 0.596. The summed E-state index contributed by atoms with van der Waals surface area (Å²) in [6.45, 7) is 0.144. The highest BCUT2D eigenvalue weighted by molar-refractivity contribution is 7.12. The standard InChI is InChI=1S/C13H8FNO3S/c14-11-2-1-8(3-9(11)5-15)6-18-10-4-12(13(16)17)19-7-10/h1-4,7H,6H2,(H,16,17). The Hall–Kier alpha value is -2.39. The van der Waals surface area contributed by atoms with Crippen LogP contribution < -0.4 is 4.74 Å². The number of thiophene rings is 1. The van der Waals surface area contributed by atoms with Crippen LogP contribution in [0.1, 0.15) is 20.8 Å². The zero-order valence-electron chi connectivity index (χ0n) is 9.59. The molecule has 1 heterocycles. The number of nitrogens with zero attached hydrogens (tertiary/aromatic N) is 1. The zero-order chi connectivity index (χ0) is 13.8. The Kier molecular flexibility index (Phi) is 3.78. The first-order chi connectivity index (χ1) is 9.10. The Morgan fingerprint density at radius 1 is 1.47 bits per heavy atom. The van der Waals surface area contributed by atoms with Gasteiger partial charge in [-0.15, -0.1) is 11.3 Å². The Balaban J connectivity index is 2.06. The molecule has 1 aromatic carbocycles. The normalized spacial score (nSPS) is 9.89. The summed E-state index contributed by atoms with van der Waals surface area (Å²) >= 11 is 1.07. The number of hydrogen-bond donors (Lipinski definition) is 1. The molecule has 0 atom stereocenters. The lowest BCUT2D eigenvalue weighted by Gasteiger charge is -2.04. The van der Waals surface area contributed by atoms with E-state index in [4.69, 9.17) is 15.1 Å². The number of carboxylic acid groups (broad SMARTS) is 1. The van der Waals surface area contributed by atoms with Gasteiger partial charge >= 0.3 is 5.97 Å². The van der Waals surface area contributed by atoms with Crippen molar-refractivity contribution in [2.24, 2.45) is 0 Å². The third kappa shape index (κ3) is 3.09. The molecule has 2 aromatic rings. The predicted octanol–water partition coefficient (Wildman–Crippen LogP) is 3.04. The minimum Gasteiger partial charge on any atom is -0.488 e. The molecule has 0 aliphatic heterocycles. The van der Waals surface area contributed by atoms with Gasteiger partial charge < -0.3 is 9.84 Å². The van der Waals surface area contributed by atoms with Gasteiger partial charge in [0.15, 0.2) is 0 Å². The summed E-state index contributed by atoms with van der Waals surface area (Å²) in [6, 6.07) is 7.28. The highest BCUT2D eigenvalue weighted by atomic mass is 32.1. The van der Waals surface area contributed by atoms with E-state index in [0.29, 0.717) is 11.3 Å². The summed E-state index contributed by atoms with van der Waals surface area (Å²) in [7, 11) is 0. The lowest BCUT2D eigenvalue weighted by molar-refractivity contribution is 0.0702. The quantitative estimate of drug-likeness (QED) is 0.932. The summed E-state index contributed by atoms with van der Waals surface area (Å²) in [5, 5.41) is 19.0. The van der Waals surface area contributed by atoms with Crippen LogP contribution in [0, 0.1) is 17.1 Å². The fourth-order valence-electron chi connectivity index (χ4n) is 1.42. The van der Waals surface area contributed by atoms with Crippen LogP contribution in [-0.2, 0) is 6.61 Å². The summed E-state index contributed by atoms with van der Waals surface area (Å²) in [5.74, 6) is -1.14. The van der Waals surface area contributed by atoms with Gasteiger partial charge in [-0.25, -0.2) is 9.18 Å². The van der Waals surface area contributed by atoms with Crippen molar-refractivity contribution in [1.29, 1.82) is 5.26 Å². The van der Waals surface area contributed by atoms with Gasteiger partial charge in [0.2, 0.25) is 0 Å². The number of nitriles is 1. The van der Waals surface area contributed by atoms with Crippen molar-refractivity contribution in [1.82, 2.24) is 0 Å². The molecule has 0 saturated heterocycles. The Bertz CT molecular complexity index is 660. The lowest BCUT2D eigenvalue weighted by atomic mass is 10.1. The van der Waals surface area contributed by atoms with Crippen LogP contribution in [0.5, 0.6) is 5.75 Å². The van der Waals surface area contributed by atoms with Crippen LogP contribution in [0.3, 0.4) is 0 Å². The number of benzene rings is 1. The van der Waals surface area contributed by atoms with Crippen LogP contribution in [0.25, 0.3) is 0 Å². The van der Waals surface area contributed by atoms with Crippen LogP contribution >= 0.6 is 11.3 Å². The average Bonchev–Trinajstić information content (AvgIpc) is 2.87. The zero-order valence-corrected chi connectivity index (χ0v) is 10.4. The van der Waals surface area contributed by atoms with Gasteiger partial charge in [0.25, 0.3) is 0 Å². The highest BCUT2D eigenvalue weighted by Gasteiger charge is 2.08. The van der Waals surface area contributed by atoms with E-state index in [9.17, 15) is 9.18 Å². The molecule has 19 heavy (non-hydrogen) atoms. The smallest absolute Gasteiger partial charge is 0.346 e. The predicted molar refractivity (Wildman–Crippen MR) is 66.7 cm³/mol. The van der Waals surface area contributed by atoms with Crippen LogP contribution in [-0.4, -0.2) is 11.1 Å². The number of hydrogen-bond acceptors (Lipinski definition) is 4. The number of ether oxygens (including phenoxy) is 1. The molecule has 96 valence electrons. The molecule has 0 fully saturated rings. The molecule has 0 unspecified atom stereocenters. The third-order valence-corrected chi connectivity index (χ3v) is 3.24. The van der Waals surface area contributed by atoms with Crippen molar-refractivity contribution in [3.05, 3.63) is 51.5 Å². The second-order valence-corrected chi connectivity index (χ2v) is 4.58. The Morgan fingerprint density at radius 3 is 2.89 bits per heavy atom. The first-order valence-electron chi connectivity index (χ1n) is 5.23. The average molecular weight is 277 g/mol. The Morgan fingerprint density at radius 2 is 2.26 bits per heavy atom. The van der Waals surface area contributed by atoms with Gasteiger partial charge in [0, 0.05) is 11.4 Å². The summed E-state index contributed by atoms with van der Waals surface area (Å²) in [4.78, 5) is 10.9. The van der Waals surface area contributed by atoms with E-state index in [0.717, 1.165) is 11.3 Å². The van der Waals surface area contributed by atoms with E-state index in [1.807, 2.05) is 0 Å². The maximum atomic E-state index is 13.1. The monoisotopic (exact) mass is 277 g/mol. The maximum absolute atomic E-state index is 13.1. The molecule has 6 heteroatoms. The summed E-state index contributed by atoms with van der Waals surface area (Å²) in [6.07, 6.45) is 0. The number of carboxylic acids is 1. The molecule has 0 spiro atoms. The fraction of sp³-hybridized carbons (Fsp3) is 0.0769. The summed E-state index contributed by atoms with van der Waals surface area (Å²) < 4.78 is 18.5. The van der Waals surface area contributed by atoms with Crippen LogP contribution in [0.2, 0.25) is 0 Å². The van der Waals surface area contributed by atoms with Crippen LogP contribution in [0.4, 0.5) is 4.39 Å². The van der Waals surface area contributed by atoms with Crippen molar-refractivity contribution < 1.29 is 19.0 Å². The molecule has 0 aliphatic rings. The molecule has 0 bridgehead atoms. The third-order valence-electron chi connectivity index (χ3n) is 2.34. The molecule has 0 aliphatic carbocycles. The van der Waals surface area contributed by atoms with E-state index in [1.54, 1.807) is 11.4 Å². The number of rotatable bonds is 4. The van der Waals surface area contributed by atoms with E-state index < -0.39 is 11.8 Å².